The SMILES string of the molecule is CC(C)(C)c1cc2c(c(C(C)(C)C)c1)OB(C1=CC=CC1[Si](C)(C)C)O2. The molecule has 4 heteroatoms. The van der Waals surface area contributed by atoms with Crippen LogP contribution in [0, 0.1) is 0 Å². The van der Waals surface area contributed by atoms with E-state index in [0.717, 1.165) is 11.5 Å². The molecule has 1 aromatic rings. The molecular weight excluding hydrogens is 335 g/mol. The average Bonchev–Trinajstić information content (AvgIpc) is 3.09. The Morgan fingerprint density at radius 2 is 1.58 bits per heavy atom. The molecule has 0 saturated heterocycles. The number of hydrogen-bond donors (Lipinski definition) is 0. The summed E-state index contributed by atoms with van der Waals surface area (Å²) in [4.78, 5) is 0. The van der Waals surface area contributed by atoms with Crippen LogP contribution in [0.4, 0.5) is 0 Å². The lowest BCUT2D eigenvalue weighted by Crippen LogP contribution is -2.37. The van der Waals surface area contributed by atoms with Gasteiger partial charge in [-0.25, -0.2) is 0 Å². The van der Waals surface area contributed by atoms with Gasteiger partial charge >= 0.3 is 7.12 Å². The van der Waals surface area contributed by atoms with Crippen molar-refractivity contribution in [2.45, 2.75) is 77.6 Å². The number of benzene rings is 1. The van der Waals surface area contributed by atoms with E-state index in [0.29, 0.717) is 5.54 Å². The first-order valence-electron chi connectivity index (χ1n) is 9.69. The molecule has 0 N–H and O–H groups in total. The topological polar surface area (TPSA) is 18.5 Å². The highest BCUT2D eigenvalue weighted by Crippen LogP contribution is 2.48. The van der Waals surface area contributed by atoms with E-state index in [1.165, 1.54) is 16.6 Å². The summed E-state index contributed by atoms with van der Waals surface area (Å²) in [5, 5.41) is 0. The molecule has 1 aliphatic heterocycles. The molecule has 0 fully saturated rings. The Labute approximate surface area is 160 Å². The van der Waals surface area contributed by atoms with E-state index in [9.17, 15) is 0 Å². The van der Waals surface area contributed by atoms with Crippen LogP contribution in [0.2, 0.25) is 25.2 Å². The first kappa shape index (κ1) is 19.3. The zero-order chi connectivity index (χ0) is 19.5. The van der Waals surface area contributed by atoms with Gasteiger partial charge in [-0.05, 0) is 33.5 Å². The highest BCUT2D eigenvalue weighted by molar-refractivity contribution is 6.81. The fourth-order valence-corrected chi connectivity index (χ4v) is 5.61. The molecule has 1 heterocycles. The lowest BCUT2D eigenvalue weighted by molar-refractivity contribution is 0.496. The van der Waals surface area contributed by atoms with Crippen molar-refractivity contribution in [1.82, 2.24) is 0 Å². The number of allylic oxidation sites excluding steroid dienone is 4. The van der Waals surface area contributed by atoms with Crippen molar-refractivity contribution in [3.05, 3.63) is 47.0 Å². The first-order valence-corrected chi connectivity index (χ1v) is 13.3. The van der Waals surface area contributed by atoms with E-state index in [4.69, 9.17) is 9.31 Å². The van der Waals surface area contributed by atoms with Gasteiger partial charge in [0.1, 0.15) is 11.5 Å². The molecule has 1 aromatic carbocycles. The molecule has 0 saturated carbocycles. The van der Waals surface area contributed by atoms with Crippen LogP contribution < -0.4 is 9.31 Å². The van der Waals surface area contributed by atoms with E-state index in [1.54, 1.807) is 0 Å². The smallest absolute Gasteiger partial charge is 0.519 e. The fraction of sp³-hybridized carbons (Fsp3) is 0.545. The van der Waals surface area contributed by atoms with E-state index in [2.05, 4.69) is 91.5 Å². The molecule has 0 amide bonds. The van der Waals surface area contributed by atoms with Crippen molar-refractivity contribution < 1.29 is 9.31 Å². The lowest BCUT2D eigenvalue weighted by atomic mass is 9.77. The Balaban J connectivity index is 2.01. The Hall–Kier alpha value is -1.42. The Morgan fingerprint density at radius 1 is 0.923 bits per heavy atom. The summed E-state index contributed by atoms with van der Waals surface area (Å²) in [5.74, 6) is 1.83. The molecule has 0 radical (unpaired) electrons. The summed E-state index contributed by atoms with van der Waals surface area (Å²) in [6.45, 7) is 20.7. The van der Waals surface area contributed by atoms with Crippen molar-refractivity contribution >= 4 is 15.2 Å². The van der Waals surface area contributed by atoms with Crippen LogP contribution in [0.5, 0.6) is 11.5 Å². The third-order valence-electron chi connectivity index (χ3n) is 5.34. The van der Waals surface area contributed by atoms with Crippen LogP contribution >= 0.6 is 0 Å². The van der Waals surface area contributed by atoms with Gasteiger partial charge in [-0.3, -0.25) is 0 Å². The second-order valence-corrected chi connectivity index (χ2v) is 16.2. The van der Waals surface area contributed by atoms with Crippen LogP contribution in [-0.2, 0) is 10.8 Å². The molecule has 1 unspecified atom stereocenters. The Kier molecular flexibility index (Phi) is 4.50. The van der Waals surface area contributed by atoms with Gasteiger partial charge in [0.2, 0.25) is 0 Å². The van der Waals surface area contributed by atoms with Crippen molar-refractivity contribution in [2.24, 2.45) is 0 Å². The second kappa shape index (κ2) is 6.05. The fourth-order valence-electron chi connectivity index (χ4n) is 3.69. The minimum Gasteiger partial charge on any atom is -0.519 e. The summed E-state index contributed by atoms with van der Waals surface area (Å²) in [6, 6.07) is 4.49. The van der Waals surface area contributed by atoms with Gasteiger partial charge in [0.15, 0.2) is 0 Å². The first-order chi connectivity index (χ1) is 11.8. The zero-order valence-corrected chi connectivity index (χ0v) is 18.9. The van der Waals surface area contributed by atoms with Crippen LogP contribution in [0.25, 0.3) is 0 Å². The molecule has 140 valence electrons. The lowest BCUT2D eigenvalue weighted by Gasteiger charge is -2.27. The molecule has 0 bridgehead atoms. The van der Waals surface area contributed by atoms with Gasteiger partial charge in [-0.1, -0.05) is 85.5 Å². The van der Waals surface area contributed by atoms with E-state index in [1.807, 2.05) is 0 Å². The number of fused-ring (bicyclic) bond motifs is 1. The summed E-state index contributed by atoms with van der Waals surface area (Å²) in [5.41, 5.74) is 4.36. The highest BCUT2D eigenvalue weighted by atomic mass is 28.3. The van der Waals surface area contributed by atoms with Gasteiger partial charge in [0.25, 0.3) is 0 Å². The maximum atomic E-state index is 6.43. The summed E-state index contributed by atoms with van der Waals surface area (Å²) >= 11 is 0. The van der Waals surface area contributed by atoms with Crippen molar-refractivity contribution in [2.75, 3.05) is 0 Å². The minimum absolute atomic E-state index is 0.00405. The summed E-state index contributed by atoms with van der Waals surface area (Å²) in [7, 11) is -1.66. The molecule has 1 aliphatic carbocycles. The number of hydrogen-bond acceptors (Lipinski definition) is 2. The Bertz CT molecular complexity index is 773. The summed E-state index contributed by atoms with van der Waals surface area (Å²) in [6.07, 6.45) is 6.68. The largest absolute Gasteiger partial charge is 0.628 e. The highest BCUT2D eigenvalue weighted by Gasteiger charge is 2.45. The van der Waals surface area contributed by atoms with Crippen LogP contribution in [0.15, 0.2) is 35.8 Å². The van der Waals surface area contributed by atoms with Crippen molar-refractivity contribution in [3.63, 3.8) is 0 Å². The maximum absolute atomic E-state index is 6.43. The molecule has 2 aliphatic rings. The molecule has 2 nitrogen and oxygen atoms in total. The zero-order valence-electron chi connectivity index (χ0n) is 17.9. The van der Waals surface area contributed by atoms with Gasteiger partial charge in [0, 0.05) is 5.56 Å². The average molecular weight is 368 g/mol. The minimum atomic E-state index is -1.36. The molecule has 0 aromatic heterocycles. The quantitative estimate of drug-likeness (QED) is 0.572. The molecule has 0 spiro atoms. The van der Waals surface area contributed by atoms with E-state index < -0.39 is 8.07 Å². The van der Waals surface area contributed by atoms with Crippen LogP contribution in [0.3, 0.4) is 0 Å². The standard InChI is InChI=1S/C22H33BO2Si/c1-21(2,3)15-13-16(22(4,5)6)20-18(14-15)24-23(25-20)17-11-10-12-19(17)26(7,8)9/h10-14,19H,1-9H3. The van der Waals surface area contributed by atoms with Crippen molar-refractivity contribution in [1.29, 1.82) is 0 Å². The van der Waals surface area contributed by atoms with Gasteiger partial charge in [-0.15, -0.1) is 0 Å². The summed E-state index contributed by atoms with van der Waals surface area (Å²) < 4.78 is 12.8. The molecule has 26 heavy (non-hydrogen) atoms. The predicted molar refractivity (Wildman–Crippen MR) is 115 cm³/mol. The Morgan fingerprint density at radius 3 is 2.12 bits per heavy atom. The van der Waals surface area contributed by atoms with Crippen LogP contribution in [-0.4, -0.2) is 15.2 Å². The van der Waals surface area contributed by atoms with Gasteiger partial charge < -0.3 is 9.31 Å². The van der Waals surface area contributed by atoms with Crippen LogP contribution in [0.1, 0.15) is 52.7 Å². The van der Waals surface area contributed by atoms with Crippen molar-refractivity contribution in [3.8, 4) is 11.5 Å². The number of rotatable bonds is 2. The van der Waals surface area contributed by atoms with E-state index >= 15 is 0 Å². The molecule has 3 rings (SSSR count). The predicted octanol–water partition coefficient (Wildman–Crippen LogP) is 6.28. The van der Waals surface area contributed by atoms with Gasteiger partial charge in [-0.2, -0.15) is 0 Å². The third-order valence-corrected chi connectivity index (χ3v) is 7.74. The maximum Gasteiger partial charge on any atom is 0.628 e. The monoisotopic (exact) mass is 368 g/mol. The van der Waals surface area contributed by atoms with Gasteiger partial charge in [0.05, 0.1) is 8.07 Å². The normalized spacial score (nSPS) is 20.0. The molecular formula is C22H33BO2Si. The molecule has 1 atom stereocenters. The van der Waals surface area contributed by atoms with E-state index in [-0.39, 0.29) is 17.9 Å². The third kappa shape index (κ3) is 3.53. The second-order valence-electron chi connectivity index (χ2n) is 10.8.